The Bertz CT molecular complexity index is 526. The molecule has 0 saturated heterocycles. The Labute approximate surface area is 128 Å². The first-order valence-corrected chi connectivity index (χ1v) is 6.82. The highest BCUT2D eigenvalue weighted by Crippen LogP contribution is 2.13. The molecule has 1 aromatic rings. The van der Waals surface area contributed by atoms with Crippen LogP contribution in [-0.2, 0) is 9.59 Å². The van der Waals surface area contributed by atoms with Crippen molar-refractivity contribution in [3.63, 3.8) is 0 Å². The smallest absolute Gasteiger partial charge is 0.324 e. The van der Waals surface area contributed by atoms with E-state index in [-0.39, 0.29) is 0 Å². The van der Waals surface area contributed by atoms with Gasteiger partial charge in [0.25, 0.3) is 0 Å². The van der Waals surface area contributed by atoms with Gasteiger partial charge in [0.1, 0.15) is 18.8 Å². The number of carboxylic acids is 2. The molecule has 0 aliphatic rings. The molecule has 0 aromatic heterocycles. The summed E-state index contributed by atoms with van der Waals surface area (Å²) in [4.78, 5) is 21.4. The molecule has 0 fully saturated rings. The first-order chi connectivity index (χ1) is 10.4. The lowest BCUT2D eigenvalue weighted by atomic mass is 10.2. The molecule has 0 heterocycles. The van der Waals surface area contributed by atoms with Crippen LogP contribution in [-0.4, -0.2) is 53.1 Å². The van der Waals surface area contributed by atoms with E-state index < -0.39 is 25.0 Å². The van der Waals surface area contributed by atoms with E-state index in [1.807, 2.05) is 19.9 Å². The van der Waals surface area contributed by atoms with Gasteiger partial charge in [-0.2, -0.15) is 5.10 Å². The van der Waals surface area contributed by atoms with Gasteiger partial charge in [0.15, 0.2) is 0 Å². The number of benzene rings is 1. The van der Waals surface area contributed by atoms with Crippen LogP contribution in [0, 0.1) is 5.92 Å². The fraction of sp³-hybridized carbons (Fsp3) is 0.400. The maximum Gasteiger partial charge on any atom is 0.324 e. The van der Waals surface area contributed by atoms with Crippen LogP contribution in [0.3, 0.4) is 0 Å². The monoisotopic (exact) mass is 308 g/mol. The van der Waals surface area contributed by atoms with E-state index in [1.165, 1.54) is 6.21 Å². The van der Waals surface area contributed by atoms with Crippen LogP contribution in [0.15, 0.2) is 29.4 Å². The first-order valence-electron chi connectivity index (χ1n) is 6.82. The third-order valence-electron chi connectivity index (χ3n) is 2.45. The minimum Gasteiger partial charge on any atom is -0.493 e. The zero-order valence-electron chi connectivity index (χ0n) is 12.6. The maximum atomic E-state index is 10.7. The van der Waals surface area contributed by atoms with Gasteiger partial charge in [0, 0.05) is 0 Å². The average Bonchev–Trinajstić information content (AvgIpc) is 2.42. The fourth-order valence-corrected chi connectivity index (χ4v) is 1.55. The minimum absolute atomic E-state index is 0.402. The minimum atomic E-state index is -1.15. The highest BCUT2D eigenvalue weighted by atomic mass is 16.5. The van der Waals surface area contributed by atoms with Crippen molar-refractivity contribution in [1.82, 2.24) is 5.01 Å². The molecule has 0 aliphatic heterocycles. The van der Waals surface area contributed by atoms with Crippen molar-refractivity contribution in [2.24, 2.45) is 11.0 Å². The van der Waals surface area contributed by atoms with Crippen LogP contribution in [0.5, 0.6) is 5.75 Å². The Kier molecular flexibility index (Phi) is 6.88. The quantitative estimate of drug-likeness (QED) is 0.530. The molecular formula is C15H20N2O5. The molecule has 22 heavy (non-hydrogen) atoms. The van der Waals surface area contributed by atoms with Crippen molar-refractivity contribution in [1.29, 1.82) is 0 Å². The van der Waals surface area contributed by atoms with Crippen molar-refractivity contribution in [2.45, 2.75) is 13.8 Å². The topological polar surface area (TPSA) is 99.4 Å². The largest absolute Gasteiger partial charge is 0.493 e. The Morgan fingerprint density at radius 1 is 1.27 bits per heavy atom. The maximum absolute atomic E-state index is 10.7. The van der Waals surface area contributed by atoms with Crippen molar-refractivity contribution < 1.29 is 24.5 Å². The molecule has 120 valence electrons. The lowest BCUT2D eigenvalue weighted by Crippen LogP contribution is -2.30. The Hall–Kier alpha value is -2.57. The number of nitrogens with zero attached hydrogens (tertiary/aromatic N) is 2. The summed E-state index contributed by atoms with van der Waals surface area (Å²) in [6, 6.07) is 7.12. The standard InChI is InChI=1S/C15H20N2O5/c1-11(2)10-22-13-5-3-4-12(6-13)7-16-17(8-14(18)19)9-15(20)21/h3-7,11H,8-10H2,1-2H3,(H,18,19)(H,20,21)/b16-7-. The molecule has 1 rings (SSSR count). The summed E-state index contributed by atoms with van der Waals surface area (Å²) in [5.41, 5.74) is 0.696. The summed E-state index contributed by atoms with van der Waals surface area (Å²) in [6.45, 7) is 3.71. The predicted molar refractivity (Wildman–Crippen MR) is 81.2 cm³/mol. The molecule has 1 aromatic carbocycles. The second kappa shape index (κ2) is 8.66. The number of ether oxygens (including phenoxy) is 1. The van der Waals surface area contributed by atoms with Gasteiger partial charge in [-0.3, -0.25) is 14.6 Å². The molecule has 0 spiro atoms. The predicted octanol–water partition coefficient (Wildman–Crippen LogP) is 1.53. The number of aliphatic carboxylic acids is 2. The van der Waals surface area contributed by atoms with Gasteiger partial charge in [-0.25, -0.2) is 0 Å². The average molecular weight is 308 g/mol. The molecule has 0 atom stereocenters. The number of hydrogen-bond donors (Lipinski definition) is 2. The second-order valence-electron chi connectivity index (χ2n) is 5.13. The molecule has 2 N–H and O–H groups in total. The van der Waals surface area contributed by atoms with Gasteiger partial charge < -0.3 is 14.9 Å². The second-order valence-corrected chi connectivity index (χ2v) is 5.13. The fourth-order valence-electron chi connectivity index (χ4n) is 1.55. The third-order valence-corrected chi connectivity index (χ3v) is 2.45. The molecule has 0 amide bonds. The summed E-state index contributed by atoms with van der Waals surface area (Å²) < 4.78 is 5.58. The van der Waals surface area contributed by atoms with E-state index in [2.05, 4.69) is 5.10 Å². The van der Waals surface area contributed by atoms with Crippen LogP contribution in [0.2, 0.25) is 0 Å². The SMILES string of the molecule is CC(C)COc1cccc(/C=N\N(CC(=O)O)CC(=O)O)c1. The van der Waals surface area contributed by atoms with Crippen LogP contribution in [0.1, 0.15) is 19.4 Å². The van der Waals surface area contributed by atoms with E-state index in [4.69, 9.17) is 14.9 Å². The van der Waals surface area contributed by atoms with E-state index in [0.717, 1.165) is 5.01 Å². The molecule has 7 heteroatoms. The van der Waals surface area contributed by atoms with Crippen molar-refractivity contribution in [3.05, 3.63) is 29.8 Å². The number of rotatable bonds is 9. The zero-order valence-corrected chi connectivity index (χ0v) is 12.6. The van der Waals surface area contributed by atoms with Crippen molar-refractivity contribution >= 4 is 18.2 Å². The molecule has 0 aliphatic carbocycles. The van der Waals surface area contributed by atoms with Crippen LogP contribution < -0.4 is 4.74 Å². The Balaban J connectivity index is 2.74. The summed E-state index contributed by atoms with van der Waals surface area (Å²) in [7, 11) is 0. The van der Waals surface area contributed by atoms with Gasteiger partial charge >= 0.3 is 11.9 Å². The van der Waals surface area contributed by atoms with Gasteiger partial charge in [-0.15, -0.1) is 0 Å². The highest BCUT2D eigenvalue weighted by molar-refractivity contribution is 5.80. The highest BCUT2D eigenvalue weighted by Gasteiger charge is 2.10. The first kappa shape index (κ1) is 17.5. The van der Waals surface area contributed by atoms with Gasteiger partial charge in [-0.1, -0.05) is 26.0 Å². The molecule has 0 bridgehead atoms. The molecule has 0 radical (unpaired) electrons. The van der Waals surface area contributed by atoms with Crippen LogP contribution >= 0.6 is 0 Å². The van der Waals surface area contributed by atoms with Gasteiger partial charge in [0.2, 0.25) is 0 Å². The van der Waals surface area contributed by atoms with E-state index in [9.17, 15) is 9.59 Å². The molecule has 7 nitrogen and oxygen atoms in total. The van der Waals surface area contributed by atoms with E-state index in [0.29, 0.717) is 23.8 Å². The Morgan fingerprint density at radius 3 is 2.45 bits per heavy atom. The number of carbonyl (C=O) groups is 2. The molecule has 0 unspecified atom stereocenters. The number of hydrogen-bond acceptors (Lipinski definition) is 5. The van der Waals surface area contributed by atoms with Crippen LogP contribution in [0.4, 0.5) is 0 Å². The summed E-state index contributed by atoms with van der Waals surface area (Å²) >= 11 is 0. The van der Waals surface area contributed by atoms with Gasteiger partial charge in [0.05, 0.1) is 12.8 Å². The number of hydrazone groups is 1. The summed E-state index contributed by atoms with van der Waals surface area (Å²) in [5, 5.41) is 22.3. The summed E-state index contributed by atoms with van der Waals surface area (Å²) in [5.74, 6) is -1.21. The third kappa shape index (κ3) is 7.28. The van der Waals surface area contributed by atoms with Crippen molar-refractivity contribution in [2.75, 3.05) is 19.7 Å². The van der Waals surface area contributed by atoms with Crippen LogP contribution in [0.25, 0.3) is 0 Å². The molecular weight excluding hydrogens is 288 g/mol. The van der Waals surface area contributed by atoms with Crippen molar-refractivity contribution in [3.8, 4) is 5.75 Å². The number of carboxylic acid groups (broad SMARTS) is 2. The summed E-state index contributed by atoms with van der Waals surface area (Å²) in [6.07, 6.45) is 1.41. The lowest BCUT2D eigenvalue weighted by molar-refractivity contribution is -0.141. The Morgan fingerprint density at radius 2 is 1.91 bits per heavy atom. The van der Waals surface area contributed by atoms with E-state index >= 15 is 0 Å². The molecule has 0 saturated carbocycles. The van der Waals surface area contributed by atoms with Gasteiger partial charge in [-0.05, 0) is 23.6 Å². The lowest BCUT2D eigenvalue weighted by Gasteiger charge is -2.13. The van der Waals surface area contributed by atoms with E-state index in [1.54, 1.807) is 18.2 Å². The normalized spacial score (nSPS) is 10.9. The zero-order chi connectivity index (χ0) is 16.5.